The van der Waals surface area contributed by atoms with Crippen LogP contribution in [0.2, 0.25) is 0 Å². The van der Waals surface area contributed by atoms with E-state index in [1.165, 1.54) is 70.6 Å². The van der Waals surface area contributed by atoms with Crippen molar-refractivity contribution in [1.82, 2.24) is 0 Å². The van der Waals surface area contributed by atoms with Gasteiger partial charge in [-0.15, -0.1) is 6.58 Å². The number of allylic oxidation sites excluding steroid dienone is 3. The maximum absolute atomic E-state index is 10.3. The monoisotopic (exact) mass is 464 g/mol. The fourth-order valence-corrected chi connectivity index (χ4v) is 3.05. The first-order chi connectivity index (χ1) is 14.9. The Hall–Kier alpha value is -0.690. The van der Waals surface area contributed by atoms with Gasteiger partial charge in [-0.2, -0.15) is 8.42 Å². The summed E-state index contributed by atoms with van der Waals surface area (Å²) in [7, 11) is -4.25. The van der Waals surface area contributed by atoms with Gasteiger partial charge < -0.3 is 4.74 Å². The number of rotatable bonds is 19. The number of ether oxygens (including phenoxy) is 1. The van der Waals surface area contributed by atoms with Crippen LogP contribution in [0.5, 0.6) is 0 Å². The Labute approximate surface area is 194 Å². The van der Waals surface area contributed by atoms with Gasteiger partial charge in [0.05, 0.1) is 6.61 Å². The molecule has 0 atom stereocenters. The van der Waals surface area contributed by atoms with Crippen LogP contribution >= 0.6 is 0 Å². The van der Waals surface area contributed by atoms with Crippen molar-refractivity contribution >= 4 is 10.4 Å². The fraction of sp³-hybridized carbons (Fsp3) is 0.840. The Bertz CT molecular complexity index is 445. The number of hydrogen-bond acceptors (Lipinski definition) is 4. The summed E-state index contributed by atoms with van der Waals surface area (Å²) in [6.45, 7) is 13.3. The van der Waals surface area contributed by atoms with E-state index < -0.39 is 10.4 Å². The predicted molar refractivity (Wildman–Crippen MR) is 135 cm³/mol. The lowest BCUT2D eigenvalue weighted by Crippen LogP contribution is -2.04. The van der Waals surface area contributed by atoms with E-state index in [-0.39, 0.29) is 6.61 Å². The highest BCUT2D eigenvalue weighted by molar-refractivity contribution is 7.80. The molecule has 0 radical (unpaired) electrons. The molecule has 0 saturated carbocycles. The SMILES string of the molecule is C=CC.CCCCCCCC/C=C\CCCCCCCCOS(=O)(=O)O.CCOCC. The summed E-state index contributed by atoms with van der Waals surface area (Å²) >= 11 is 0. The Balaban J connectivity index is -0.000000833. The molecule has 0 spiro atoms. The van der Waals surface area contributed by atoms with Crippen LogP contribution in [0.3, 0.4) is 0 Å². The van der Waals surface area contributed by atoms with E-state index in [1.807, 2.05) is 20.8 Å². The second-order valence-electron chi connectivity index (χ2n) is 7.38. The Kier molecular flexibility index (Phi) is 35.5. The third-order valence-electron chi connectivity index (χ3n) is 4.30. The molecule has 0 aliphatic carbocycles. The van der Waals surface area contributed by atoms with Crippen molar-refractivity contribution < 1.29 is 21.9 Å². The minimum absolute atomic E-state index is 0.0833. The Morgan fingerprint density at radius 3 is 1.48 bits per heavy atom. The molecule has 0 bridgehead atoms. The molecule has 31 heavy (non-hydrogen) atoms. The van der Waals surface area contributed by atoms with Gasteiger partial charge in [0.25, 0.3) is 0 Å². The summed E-state index contributed by atoms with van der Waals surface area (Å²) in [6.07, 6.45) is 23.3. The minimum atomic E-state index is -4.25. The molecule has 0 aromatic rings. The van der Waals surface area contributed by atoms with Crippen molar-refractivity contribution in [2.45, 2.75) is 118 Å². The van der Waals surface area contributed by atoms with Crippen LogP contribution in [0, 0.1) is 0 Å². The van der Waals surface area contributed by atoms with Gasteiger partial charge in [-0.05, 0) is 52.9 Å². The molecule has 0 aliphatic heterocycles. The third kappa shape index (κ3) is 48.1. The zero-order valence-electron chi connectivity index (χ0n) is 20.9. The fourth-order valence-electron chi connectivity index (χ4n) is 2.72. The van der Waals surface area contributed by atoms with Gasteiger partial charge in [0.2, 0.25) is 0 Å². The van der Waals surface area contributed by atoms with Gasteiger partial charge in [0, 0.05) is 13.2 Å². The van der Waals surface area contributed by atoms with Gasteiger partial charge in [-0.3, -0.25) is 4.55 Å². The maximum atomic E-state index is 10.3. The molecular formula is C25H52O5S. The standard InChI is InChI=1S/C18H36O4S.C4H10O.C3H6/c1-2-3-4-5-6-7-8-9-10-11-12-13-14-15-16-17-18-22-23(19,20)21;1-3-5-4-2;1-3-2/h9-10H,2-8,11-18H2,1H3,(H,19,20,21);3-4H2,1-2H3;3H,1H2,2H3/b10-9-;;. The normalized spacial score (nSPS) is 10.9. The van der Waals surface area contributed by atoms with Crippen molar-refractivity contribution in [3.63, 3.8) is 0 Å². The highest BCUT2D eigenvalue weighted by Gasteiger charge is 2.02. The van der Waals surface area contributed by atoms with E-state index in [1.54, 1.807) is 6.08 Å². The van der Waals surface area contributed by atoms with Crippen molar-refractivity contribution in [1.29, 1.82) is 0 Å². The lowest BCUT2D eigenvalue weighted by Gasteiger charge is -2.01. The van der Waals surface area contributed by atoms with Crippen LogP contribution in [-0.4, -0.2) is 32.8 Å². The highest BCUT2D eigenvalue weighted by Crippen LogP contribution is 2.10. The lowest BCUT2D eigenvalue weighted by atomic mass is 10.1. The van der Waals surface area contributed by atoms with Gasteiger partial charge >= 0.3 is 10.4 Å². The molecule has 0 aromatic heterocycles. The van der Waals surface area contributed by atoms with E-state index >= 15 is 0 Å². The van der Waals surface area contributed by atoms with Crippen molar-refractivity contribution in [2.75, 3.05) is 19.8 Å². The van der Waals surface area contributed by atoms with E-state index in [0.717, 1.165) is 26.1 Å². The Morgan fingerprint density at radius 1 is 0.742 bits per heavy atom. The zero-order valence-corrected chi connectivity index (χ0v) is 21.8. The number of unbranched alkanes of at least 4 members (excludes halogenated alkanes) is 12. The molecule has 0 rings (SSSR count). The van der Waals surface area contributed by atoms with Gasteiger partial charge in [-0.25, -0.2) is 4.18 Å². The van der Waals surface area contributed by atoms with Crippen molar-refractivity contribution in [2.24, 2.45) is 0 Å². The van der Waals surface area contributed by atoms with Crippen molar-refractivity contribution in [3.8, 4) is 0 Å². The molecule has 0 amide bonds. The van der Waals surface area contributed by atoms with Crippen LogP contribution < -0.4 is 0 Å². The van der Waals surface area contributed by atoms with Crippen LogP contribution in [0.15, 0.2) is 24.8 Å². The van der Waals surface area contributed by atoms with Crippen molar-refractivity contribution in [3.05, 3.63) is 24.8 Å². The third-order valence-corrected chi connectivity index (χ3v) is 4.76. The van der Waals surface area contributed by atoms with Crippen LogP contribution in [0.25, 0.3) is 0 Å². The zero-order chi connectivity index (χ0) is 24.1. The summed E-state index contributed by atoms with van der Waals surface area (Å²) in [5.41, 5.74) is 0. The molecular weight excluding hydrogens is 412 g/mol. The average molecular weight is 465 g/mol. The average Bonchev–Trinajstić information content (AvgIpc) is 2.71. The summed E-state index contributed by atoms with van der Waals surface area (Å²) in [5.74, 6) is 0. The first-order valence-electron chi connectivity index (χ1n) is 12.3. The molecule has 0 unspecified atom stereocenters. The maximum Gasteiger partial charge on any atom is 0.397 e. The predicted octanol–water partition coefficient (Wildman–Crippen LogP) is 8.08. The molecule has 0 heterocycles. The van der Waals surface area contributed by atoms with Crippen LogP contribution in [-0.2, 0) is 19.3 Å². The molecule has 1 N–H and O–H groups in total. The lowest BCUT2D eigenvalue weighted by molar-refractivity contribution is 0.162. The van der Waals surface area contributed by atoms with E-state index in [9.17, 15) is 8.42 Å². The van der Waals surface area contributed by atoms with E-state index in [2.05, 4.69) is 29.8 Å². The Morgan fingerprint density at radius 2 is 1.13 bits per heavy atom. The van der Waals surface area contributed by atoms with Gasteiger partial charge in [-0.1, -0.05) is 82.9 Å². The molecule has 5 nitrogen and oxygen atoms in total. The molecule has 0 saturated heterocycles. The minimum Gasteiger partial charge on any atom is -0.382 e. The summed E-state index contributed by atoms with van der Waals surface area (Å²) in [5, 5.41) is 0. The van der Waals surface area contributed by atoms with E-state index in [0.29, 0.717) is 6.42 Å². The molecule has 0 aliphatic rings. The second-order valence-corrected chi connectivity index (χ2v) is 8.47. The first-order valence-corrected chi connectivity index (χ1v) is 13.7. The van der Waals surface area contributed by atoms with Gasteiger partial charge in [0.15, 0.2) is 0 Å². The quantitative estimate of drug-likeness (QED) is 0.119. The smallest absolute Gasteiger partial charge is 0.382 e. The summed E-state index contributed by atoms with van der Waals surface area (Å²) in [6, 6.07) is 0. The topological polar surface area (TPSA) is 72.8 Å². The van der Waals surface area contributed by atoms with Gasteiger partial charge in [0.1, 0.15) is 0 Å². The molecule has 188 valence electrons. The summed E-state index contributed by atoms with van der Waals surface area (Å²) < 4.78 is 38.1. The summed E-state index contributed by atoms with van der Waals surface area (Å²) in [4.78, 5) is 0. The molecule has 0 fully saturated rings. The highest BCUT2D eigenvalue weighted by atomic mass is 32.3. The largest absolute Gasteiger partial charge is 0.397 e. The number of hydrogen-bond donors (Lipinski definition) is 1. The first kappa shape index (κ1) is 34.9. The molecule has 6 heteroatoms. The second kappa shape index (κ2) is 31.5. The van der Waals surface area contributed by atoms with E-state index in [4.69, 9.17) is 9.29 Å². The van der Waals surface area contributed by atoms with Crippen LogP contribution in [0.1, 0.15) is 118 Å². The molecule has 0 aromatic carbocycles. The van der Waals surface area contributed by atoms with Crippen LogP contribution in [0.4, 0.5) is 0 Å².